The summed E-state index contributed by atoms with van der Waals surface area (Å²) in [6, 6.07) is 10.6. The molecule has 2 aromatic carbocycles. The molecule has 2 N–H and O–H groups in total. The summed E-state index contributed by atoms with van der Waals surface area (Å²) >= 11 is 6.69. The van der Waals surface area contributed by atoms with Crippen molar-refractivity contribution in [2.75, 3.05) is 13.2 Å². The van der Waals surface area contributed by atoms with Gasteiger partial charge in [-0.1, -0.05) is 22.0 Å². The second kappa shape index (κ2) is 9.59. The first-order chi connectivity index (χ1) is 12.4. The molecule has 8 heteroatoms. The van der Waals surface area contributed by atoms with Crippen molar-refractivity contribution in [1.82, 2.24) is 10.9 Å². The molecule has 0 aliphatic heterocycles. The van der Waals surface area contributed by atoms with Gasteiger partial charge in [-0.15, -0.1) is 0 Å². The molecule has 0 aliphatic carbocycles. The van der Waals surface area contributed by atoms with E-state index in [1.807, 2.05) is 26.0 Å². The lowest BCUT2D eigenvalue weighted by Gasteiger charge is -2.12. The Balaban J connectivity index is 1.91. The third-order valence-electron chi connectivity index (χ3n) is 3.25. The number of hydrogen-bond donors (Lipinski definition) is 2. The molecule has 0 bridgehead atoms. The summed E-state index contributed by atoms with van der Waals surface area (Å²) in [7, 11) is 0. The van der Waals surface area contributed by atoms with Gasteiger partial charge in [0.1, 0.15) is 11.5 Å². The van der Waals surface area contributed by atoms with E-state index in [1.54, 1.807) is 24.3 Å². The number of nitrogens with one attached hydrogen (secondary N) is 2. The second-order valence-electron chi connectivity index (χ2n) is 5.30. The Labute approximate surface area is 168 Å². The first-order valence-corrected chi connectivity index (χ1v) is 9.39. The number of amides is 2. The van der Waals surface area contributed by atoms with Crippen LogP contribution in [0.5, 0.6) is 11.5 Å². The fourth-order valence-electron chi connectivity index (χ4n) is 2.06. The lowest BCUT2D eigenvalue weighted by molar-refractivity contribution is -0.123. The van der Waals surface area contributed by atoms with Crippen molar-refractivity contribution in [1.29, 1.82) is 0 Å². The van der Waals surface area contributed by atoms with Crippen molar-refractivity contribution in [3.63, 3.8) is 0 Å². The molecule has 0 atom stereocenters. The maximum absolute atomic E-state index is 12.3. The lowest BCUT2D eigenvalue weighted by atomic mass is 10.2. The Kier molecular flexibility index (Phi) is 7.47. The van der Waals surface area contributed by atoms with Crippen LogP contribution in [0.15, 0.2) is 45.3 Å². The van der Waals surface area contributed by atoms with Crippen molar-refractivity contribution >= 4 is 43.7 Å². The summed E-state index contributed by atoms with van der Waals surface area (Å²) in [6.45, 7) is 3.97. The van der Waals surface area contributed by atoms with E-state index in [0.29, 0.717) is 23.7 Å². The number of hydrogen-bond acceptors (Lipinski definition) is 4. The number of hydrazine groups is 1. The normalized spacial score (nSPS) is 10.2. The highest BCUT2D eigenvalue weighted by molar-refractivity contribution is 9.10. The van der Waals surface area contributed by atoms with Gasteiger partial charge in [-0.05, 0) is 65.7 Å². The van der Waals surface area contributed by atoms with Gasteiger partial charge in [-0.2, -0.15) is 0 Å². The Morgan fingerprint density at radius 3 is 2.42 bits per heavy atom. The third-order valence-corrected chi connectivity index (χ3v) is 4.36. The van der Waals surface area contributed by atoms with Crippen LogP contribution in [-0.4, -0.2) is 25.0 Å². The fraction of sp³-hybridized carbons (Fsp3) is 0.222. The third kappa shape index (κ3) is 5.74. The summed E-state index contributed by atoms with van der Waals surface area (Å²) in [5.41, 5.74) is 6.05. The average Bonchev–Trinajstić information content (AvgIpc) is 2.60. The Morgan fingerprint density at radius 1 is 1.00 bits per heavy atom. The van der Waals surface area contributed by atoms with E-state index in [4.69, 9.17) is 9.47 Å². The van der Waals surface area contributed by atoms with Crippen LogP contribution in [0.4, 0.5) is 0 Å². The Morgan fingerprint density at radius 2 is 1.73 bits per heavy atom. The highest BCUT2D eigenvalue weighted by Gasteiger charge is 2.14. The molecule has 2 amide bonds. The summed E-state index contributed by atoms with van der Waals surface area (Å²) < 4.78 is 12.3. The van der Waals surface area contributed by atoms with Gasteiger partial charge in [-0.3, -0.25) is 20.4 Å². The van der Waals surface area contributed by atoms with Crippen LogP contribution in [-0.2, 0) is 4.79 Å². The minimum Gasteiger partial charge on any atom is -0.493 e. The first-order valence-electron chi connectivity index (χ1n) is 7.81. The van der Waals surface area contributed by atoms with Crippen LogP contribution in [0, 0.1) is 6.92 Å². The van der Waals surface area contributed by atoms with Crippen LogP contribution in [0.25, 0.3) is 0 Å². The van der Waals surface area contributed by atoms with E-state index in [2.05, 4.69) is 42.7 Å². The molecule has 138 valence electrons. The predicted octanol–water partition coefficient (Wildman–Crippen LogP) is 3.76. The monoisotopic (exact) mass is 484 g/mol. The van der Waals surface area contributed by atoms with Crippen molar-refractivity contribution in [3.05, 3.63) is 56.5 Å². The standard InChI is InChI=1S/C18H18Br2N2O4/c1-3-25-15-7-5-12(19)9-13(15)18(24)22-21-17(23)10-26-16-6-4-11(2)8-14(16)20/h4-9H,3,10H2,1-2H3,(H,21,23)(H,22,24). The van der Waals surface area contributed by atoms with Crippen molar-refractivity contribution in [3.8, 4) is 11.5 Å². The van der Waals surface area contributed by atoms with E-state index in [1.165, 1.54) is 0 Å². The number of benzene rings is 2. The number of aryl methyl sites for hydroxylation is 1. The molecule has 0 aliphatic rings. The molecule has 0 aromatic heterocycles. The van der Waals surface area contributed by atoms with Gasteiger partial charge in [-0.25, -0.2) is 0 Å². The van der Waals surface area contributed by atoms with E-state index >= 15 is 0 Å². The minimum absolute atomic E-state index is 0.237. The predicted molar refractivity (Wildman–Crippen MR) is 105 cm³/mol. The maximum atomic E-state index is 12.3. The number of ether oxygens (including phenoxy) is 2. The number of rotatable bonds is 6. The van der Waals surface area contributed by atoms with Crippen LogP contribution >= 0.6 is 31.9 Å². The average molecular weight is 486 g/mol. The van der Waals surface area contributed by atoms with Gasteiger partial charge >= 0.3 is 0 Å². The molecule has 0 saturated carbocycles. The summed E-state index contributed by atoms with van der Waals surface area (Å²) in [4.78, 5) is 24.2. The van der Waals surface area contributed by atoms with Crippen molar-refractivity contribution < 1.29 is 19.1 Å². The van der Waals surface area contributed by atoms with Crippen LogP contribution in [0.2, 0.25) is 0 Å². The van der Waals surface area contributed by atoms with Gasteiger partial charge in [0.15, 0.2) is 6.61 Å². The first kappa shape index (κ1) is 20.3. The smallest absolute Gasteiger partial charge is 0.276 e. The van der Waals surface area contributed by atoms with Gasteiger partial charge < -0.3 is 9.47 Å². The largest absolute Gasteiger partial charge is 0.493 e. The SMILES string of the molecule is CCOc1ccc(Br)cc1C(=O)NNC(=O)COc1ccc(C)cc1Br. The fourth-order valence-corrected chi connectivity index (χ4v) is 3.03. The zero-order chi connectivity index (χ0) is 19.1. The molecule has 0 fully saturated rings. The summed E-state index contributed by atoms with van der Waals surface area (Å²) in [5.74, 6) is 0.00313. The van der Waals surface area contributed by atoms with Crippen LogP contribution < -0.4 is 20.3 Å². The van der Waals surface area contributed by atoms with Crippen molar-refractivity contribution in [2.24, 2.45) is 0 Å². The topological polar surface area (TPSA) is 76.7 Å². The van der Waals surface area contributed by atoms with Crippen molar-refractivity contribution in [2.45, 2.75) is 13.8 Å². The summed E-state index contributed by atoms with van der Waals surface area (Å²) in [5, 5.41) is 0. The second-order valence-corrected chi connectivity index (χ2v) is 7.07. The van der Waals surface area contributed by atoms with Gasteiger partial charge in [0, 0.05) is 4.47 Å². The molecule has 26 heavy (non-hydrogen) atoms. The van der Waals surface area contributed by atoms with Gasteiger partial charge in [0.2, 0.25) is 0 Å². The molecule has 2 aromatic rings. The zero-order valence-corrected chi connectivity index (χ0v) is 17.4. The Bertz CT molecular complexity index is 812. The zero-order valence-electron chi connectivity index (χ0n) is 14.3. The molecule has 0 saturated heterocycles. The molecule has 0 unspecified atom stereocenters. The van der Waals surface area contributed by atoms with Gasteiger partial charge in [0.05, 0.1) is 16.6 Å². The van der Waals surface area contributed by atoms with E-state index in [0.717, 1.165) is 14.5 Å². The lowest BCUT2D eigenvalue weighted by Crippen LogP contribution is -2.44. The minimum atomic E-state index is -0.487. The number of carbonyl (C=O) groups excluding carboxylic acids is 2. The molecule has 0 spiro atoms. The molecular formula is C18H18Br2N2O4. The molecule has 0 heterocycles. The molecular weight excluding hydrogens is 468 g/mol. The highest BCUT2D eigenvalue weighted by Crippen LogP contribution is 2.25. The molecule has 6 nitrogen and oxygen atoms in total. The Hall–Kier alpha value is -2.06. The maximum Gasteiger partial charge on any atom is 0.276 e. The quantitative estimate of drug-likeness (QED) is 0.611. The van der Waals surface area contributed by atoms with Gasteiger partial charge in [0.25, 0.3) is 11.8 Å². The molecule has 0 radical (unpaired) electrons. The highest BCUT2D eigenvalue weighted by atomic mass is 79.9. The van der Waals surface area contributed by atoms with E-state index in [9.17, 15) is 9.59 Å². The number of halogens is 2. The van der Waals surface area contributed by atoms with E-state index in [-0.39, 0.29) is 6.61 Å². The molecule has 2 rings (SSSR count). The van der Waals surface area contributed by atoms with Crippen LogP contribution in [0.1, 0.15) is 22.8 Å². The number of carbonyl (C=O) groups is 2. The van der Waals surface area contributed by atoms with Crippen LogP contribution in [0.3, 0.4) is 0 Å². The summed E-state index contributed by atoms with van der Waals surface area (Å²) in [6.07, 6.45) is 0. The van der Waals surface area contributed by atoms with E-state index < -0.39 is 11.8 Å².